The van der Waals surface area contributed by atoms with Crippen LogP contribution in [0.5, 0.6) is 5.75 Å². The number of carbonyl (C=O) groups is 2. The molecule has 30 heavy (non-hydrogen) atoms. The maximum atomic E-state index is 12.5. The lowest BCUT2D eigenvalue weighted by atomic mass is 10.1. The van der Waals surface area contributed by atoms with Gasteiger partial charge in [-0.2, -0.15) is 5.26 Å². The molecule has 0 aliphatic carbocycles. The lowest BCUT2D eigenvalue weighted by Crippen LogP contribution is -2.53. The van der Waals surface area contributed by atoms with Gasteiger partial charge in [-0.25, -0.2) is 4.79 Å². The second-order valence-electron chi connectivity index (χ2n) is 6.89. The Morgan fingerprint density at radius 3 is 2.53 bits per heavy atom. The number of rotatable bonds is 6. The fourth-order valence-corrected chi connectivity index (χ4v) is 3.43. The first-order chi connectivity index (χ1) is 14.6. The molecule has 0 unspecified atom stereocenters. The van der Waals surface area contributed by atoms with E-state index in [4.69, 9.17) is 21.6 Å². The van der Waals surface area contributed by atoms with Crippen molar-refractivity contribution < 1.29 is 14.3 Å². The van der Waals surface area contributed by atoms with Gasteiger partial charge in [0.2, 0.25) is 5.91 Å². The van der Waals surface area contributed by atoms with Crippen molar-refractivity contribution in [1.82, 2.24) is 15.1 Å². The van der Waals surface area contributed by atoms with Crippen LogP contribution in [-0.2, 0) is 17.8 Å². The smallest absolute Gasteiger partial charge is 0.317 e. The average Bonchev–Trinajstić information content (AvgIpc) is 2.78. The molecule has 2 aromatic carbocycles. The molecule has 1 aliphatic rings. The molecule has 0 atom stereocenters. The summed E-state index contributed by atoms with van der Waals surface area (Å²) in [6, 6.07) is 16.3. The Kier molecular flexibility index (Phi) is 7.52. The van der Waals surface area contributed by atoms with Crippen LogP contribution >= 0.6 is 11.6 Å². The standard InChI is InChI=1S/C22H23ClN4O3/c23-20-7-2-1-5-18(20)15-21(28)26-9-11-27(12-10-26)22(29)25-16-17-4-3-6-19(14-17)30-13-8-24/h1-7,14H,9-13,15-16H2,(H,25,29). The number of halogens is 1. The number of piperazine rings is 1. The van der Waals surface area contributed by atoms with Crippen LogP contribution in [0.2, 0.25) is 5.02 Å². The zero-order valence-corrected chi connectivity index (χ0v) is 17.3. The average molecular weight is 427 g/mol. The Morgan fingerprint density at radius 1 is 1.07 bits per heavy atom. The van der Waals surface area contributed by atoms with E-state index in [0.717, 1.165) is 11.1 Å². The predicted molar refractivity (Wildman–Crippen MR) is 113 cm³/mol. The molecule has 1 fully saturated rings. The van der Waals surface area contributed by atoms with Crippen molar-refractivity contribution in [2.75, 3.05) is 32.8 Å². The topological polar surface area (TPSA) is 85.7 Å². The first-order valence-electron chi connectivity index (χ1n) is 9.69. The minimum Gasteiger partial charge on any atom is -0.479 e. The third-order valence-corrected chi connectivity index (χ3v) is 5.23. The van der Waals surface area contributed by atoms with Gasteiger partial charge >= 0.3 is 6.03 Å². The predicted octanol–water partition coefficient (Wildman–Crippen LogP) is 2.84. The number of benzene rings is 2. The van der Waals surface area contributed by atoms with Gasteiger partial charge in [-0.15, -0.1) is 0 Å². The van der Waals surface area contributed by atoms with Crippen molar-refractivity contribution >= 4 is 23.5 Å². The molecule has 8 heteroatoms. The van der Waals surface area contributed by atoms with Gasteiger partial charge in [-0.3, -0.25) is 4.79 Å². The SMILES string of the molecule is N#CCOc1cccc(CNC(=O)N2CCN(C(=O)Cc3ccccc3Cl)CC2)c1. The van der Waals surface area contributed by atoms with Gasteiger partial charge in [-0.05, 0) is 29.3 Å². The second kappa shape index (κ2) is 10.5. The van der Waals surface area contributed by atoms with Crippen molar-refractivity contribution in [3.8, 4) is 11.8 Å². The molecule has 1 heterocycles. The first-order valence-corrected chi connectivity index (χ1v) is 10.1. The van der Waals surface area contributed by atoms with Gasteiger partial charge in [0, 0.05) is 37.7 Å². The van der Waals surface area contributed by atoms with Crippen LogP contribution in [0.1, 0.15) is 11.1 Å². The molecule has 3 amide bonds. The fourth-order valence-electron chi connectivity index (χ4n) is 3.23. The van der Waals surface area contributed by atoms with Crippen LogP contribution in [0.15, 0.2) is 48.5 Å². The molecule has 1 aliphatic heterocycles. The molecular formula is C22H23ClN4O3. The number of urea groups is 1. The Hall–Kier alpha value is -3.24. The lowest BCUT2D eigenvalue weighted by molar-refractivity contribution is -0.131. The number of hydrogen-bond donors (Lipinski definition) is 1. The van der Waals surface area contributed by atoms with Gasteiger partial charge < -0.3 is 19.9 Å². The van der Waals surface area contributed by atoms with Crippen molar-refractivity contribution in [2.45, 2.75) is 13.0 Å². The summed E-state index contributed by atoms with van der Waals surface area (Å²) in [5, 5.41) is 12.1. The van der Waals surface area contributed by atoms with Gasteiger partial charge in [-0.1, -0.05) is 41.9 Å². The van der Waals surface area contributed by atoms with Crippen molar-refractivity contribution in [1.29, 1.82) is 5.26 Å². The summed E-state index contributed by atoms with van der Waals surface area (Å²) in [4.78, 5) is 28.5. The van der Waals surface area contributed by atoms with Gasteiger partial charge in [0.25, 0.3) is 0 Å². The summed E-state index contributed by atoms with van der Waals surface area (Å²) in [5.41, 5.74) is 1.69. The summed E-state index contributed by atoms with van der Waals surface area (Å²) in [6.45, 7) is 2.28. The third-order valence-electron chi connectivity index (χ3n) is 4.86. The van der Waals surface area contributed by atoms with Crippen LogP contribution in [0.25, 0.3) is 0 Å². The van der Waals surface area contributed by atoms with E-state index < -0.39 is 0 Å². The Balaban J connectivity index is 1.44. The number of hydrogen-bond acceptors (Lipinski definition) is 4. The maximum Gasteiger partial charge on any atom is 0.317 e. The van der Waals surface area contributed by atoms with E-state index in [1.165, 1.54) is 0 Å². The summed E-state index contributed by atoms with van der Waals surface area (Å²) in [5.74, 6) is 0.603. The lowest BCUT2D eigenvalue weighted by Gasteiger charge is -2.34. The molecule has 0 saturated carbocycles. The molecule has 0 radical (unpaired) electrons. The highest BCUT2D eigenvalue weighted by molar-refractivity contribution is 6.31. The summed E-state index contributed by atoms with van der Waals surface area (Å²) in [7, 11) is 0. The number of carbonyl (C=O) groups excluding carboxylic acids is 2. The molecule has 0 aromatic heterocycles. The molecule has 7 nitrogen and oxygen atoms in total. The summed E-state index contributed by atoms with van der Waals surface area (Å²) in [6.07, 6.45) is 0.260. The van der Waals surface area contributed by atoms with E-state index in [9.17, 15) is 9.59 Å². The molecule has 156 valence electrons. The van der Waals surface area contributed by atoms with Crippen LogP contribution in [-0.4, -0.2) is 54.5 Å². The van der Waals surface area contributed by atoms with E-state index in [1.807, 2.05) is 36.4 Å². The number of ether oxygens (including phenoxy) is 1. The summed E-state index contributed by atoms with van der Waals surface area (Å²) >= 11 is 6.14. The number of nitrogens with one attached hydrogen (secondary N) is 1. The third kappa shape index (κ3) is 5.88. The highest BCUT2D eigenvalue weighted by Crippen LogP contribution is 2.17. The molecule has 3 rings (SSSR count). The van der Waals surface area contributed by atoms with E-state index >= 15 is 0 Å². The Bertz CT molecular complexity index is 936. The maximum absolute atomic E-state index is 12.5. The molecule has 2 aromatic rings. The Morgan fingerprint density at radius 2 is 1.80 bits per heavy atom. The van der Waals surface area contributed by atoms with Crippen LogP contribution < -0.4 is 10.1 Å². The van der Waals surface area contributed by atoms with E-state index in [2.05, 4.69) is 5.32 Å². The fraction of sp³-hybridized carbons (Fsp3) is 0.318. The first kappa shape index (κ1) is 21.5. The molecule has 0 bridgehead atoms. The zero-order chi connectivity index (χ0) is 21.3. The highest BCUT2D eigenvalue weighted by atomic mass is 35.5. The van der Waals surface area contributed by atoms with Gasteiger partial charge in [0.15, 0.2) is 6.61 Å². The van der Waals surface area contributed by atoms with E-state index in [0.29, 0.717) is 43.5 Å². The van der Waals surface area contributed by atoms with E-state index in [1.54, 1.807) is 28.0 Å². The zero-order valence-electron chi connectivity index (χ0n) is 16.5. The molecule has 1 saturated heterocycles. The normalized spacial score (nSPS) is 13.5. The van der Waals surface area contributed by atoms with Gasteiger partial charge in [0.1, 0.15) is 11.8 Å². The van der Waals surface area contributed by atoms with Crippen LogP contribution in [0, 0.1) is 11.3 Å². The number of nitrogens with zero attached hydrogens (tertiary/aromatic N) is 3. The van der Waals surface area contributed by atoms with Crippen LogP contribution in [0.3, 0.4) is 0 Å². The largest absolute Gasteiger partial charge is 0.479 e. The minimum absolute atomic E-state index is 0.0114. The van der Waals surface area contributed by atoms with E-state index in [-0.39, 0.29) is 25.0 Å². The Labute approximate surface area is 180 Å². The van der Waals surface area contributed by atoms with Crippen molar-refractivity contribution in [3.05, 3.63) is 64.7 Å². The number of amides is 3. The second-order valence-corrected chi connectivity index (χ2v) is 7.30. The van der Waals surface area contributed by atoms with Crippen LogP contribution in [0.4, 0.5) is 4.79 Å². The molecule has 1 N–H and O–H groups in total. The summed E-state index contributed by atoms with van der Waals surface area (Å²) < 4.78 is 5.27. The minimum atomic E-state index is -0.170. The van der Waals surface area contributed by atoms with Crippen molar-refractivity contribution in [2.24, 2.45) is 0 Å². The quantitative estimate of drug-likeness (QED) is 0.769. The molecule has 0 spiro atoms. The molecular weight excluding hydrogens is 404 g/mol. The monoisotopic (exact) mass is 426 g/mol. The van der Waals surface area contributed by atoms with Crippen molar-refractivity contribution in [3.63, 3.8) is 0 Å². The number of nitriles is 1. The van der Waals surface area contributed by atoms with Gasteiger partial charge in [0.05, 0.1) is 6.42 Å². The highest BCUT2D eigenvalue weighted by Gasteiger charge is 2.24.